The smallest absolute Gasteiger partial charge is 0.233 e. The Kier molecular flexibility index (Phi) is 7.09. The Labute approximate surface area is 208 Å². The molecule has 0 aromatic heterocycles. The normalized spacial score (nSPS) is 16.1. The number of carbonyl (C=O) groups is 1. The molecular weight excluding hydrogens is 461 g/mol. The van der Waals surface area contributed by atoms with E-state index in [1.807, 2.05) is 58.3 Å². The zero-order chi connectivity index (χ0) is 24.0. The molecule has 6 nitrogen and oxygen atoms in total. The minimum Gasteiger partial charge on any atom is -0.368 e. The van der Waals surface area contributed by atoms with Crippen LogP contribution in [0.25, 0.3) is 0 Å². The summed E-state index contributed by atoms with van der Waals surface area (Å²) in [7, 11) is 0. The van der Waals surface area contributed by atoms with Crippen LogP contribution in [0.3, 0.4) is 0 Å². The van der Waals surface area contributed by atoms with Crippen LogP contribution in [0.2, 0.25) is 0 Å². The standard InChI is InChI=1S/C27H26FN5OS/c28-22-11-13-24(14-12-22)33-20-29-26(21-7-3-1-4-8-21)30-27(33)35-19-25(34)32-17-15-31(16-18-32)23-9-5-2-6-10-23/h1-14H,15-20H2. The molecule has 0 saturated carbocycles. The second kappa shape index (κ2) is 10.7. The molecule has 0 spiro atoms. The number of benzene rings is 3. The third-order valence-corrected chi connectivity index (χ3v) is 7.00. The number of halogens is 1. The average molecular weight is 488 g/mol. The van der Waals surface area contributed by atoms with Crippen molar-refractivity contribution >= 4 is 40.0 Å². The van der Waals surface area contributed by atoms with Gasteiger partial charge >= 0.3 is 0 Å². The van der Waals surface area contributed by atoms with Gasteiger partial charge in [-0.25, -0.2) is 14.4 Å². The van der Waals surface area contributed by atoms with E-state index in [1.54, 1.807) is 12.1 Å². The number of hydrogen-bond donors (Lipinski definition) is 0. The average Bonchev–Trinajstić information content (AvgIpc) is 2.93. The van der Waals surface area contributed by atoms with Crippen molar-refractivity contribution < 1.29 is 9.18 Å². The Hall–Kier alpha value is -3.65. The highest BCUT2D eigenvalue weighted by atomic mass is 32.2. The first-order valence-electron chi connectivity index (χ1n) is 11.6. The van der Waals surface area contributed by atoms with Gasteiger partial charge in [-0.1, -0.05) is 60.3 Å². The molecule has 2 aliphatic heterocycles. The number of amides is 1. The van der Waals surface area contributed by atoms with Gasteiger partial charge < -0.3 is 14.7 Å². The minimum atomic E-state index is -0.296. The largest absolute Gasteiger partial charge is 0.368 e. The quantitative estimate of drug-likeness (QED) is 0.532. The molecule has 1 amide bonds. The third kappa shape index (κ3) is 5.54. The maximum absolute atomic E-state index is 13.5. The van der Waals surface area contributed by atoms with E-state index in [-0.39, 0.29) is 17.5 Å². The fourth-order valence-corrected chi connectivity index (χ4v) is 5.03. The summed E-state index contributed by atoms with van der Waals surface area (Å²) in [6.45, 7) is 3.37. The summed E-state index contributed by atoms with van der Waals surface area (Å²) in [5, 5.41) is 0.682. The first-order valence-corrected chi connectivity index (χ1v) is 12.6. The molecule has 3 aromatic carbocycles. The summed E-state index contributed by atoms with van der Waals surface area (Å²) >= 11 is 1.40. The van der Waals surface area contributed by atoms with Crippen LogP contribution in [-0.2, 0) is 4.79 Å². The molecule has 8 heteroatoms. The van der Waals surface area contributed by atoms with E-state index in [4.69, 9.17) is 4.99 Å². The molecule has 2 heterocycles. The van der Waals surface area contributed by atoms with Crippen molar-refractivity contribution in [2.24, 2.45) is 9.98 Å². The number of amidine groups is 2. The first-order chi connectivity index (χ1) is 17.2. The minimum absolute atomic E-state index is 0.0910. The van der Waals surface area contributed by atoms with Gasteiger partial charge in [-0.05, 0) is 36.4 Å². The summed E-state index contributed by atoms with van der Waals surface area (Å²) < 4.78 is 13.5. The van der Waals surface area contributed by atoms with E-state index in [0.717, 1.165) is 24.3 Å². The van der Waals surface area contributed by atoms with Crippen LogP contribution >= 0.6 is 11.8 Å². The lowest BCUT2D eigenvalue weighted by Gasteiger charge is -2.36. The Balaban J connectivity index is 1.26. The Morgan fingerprint density at radius 1 is 0.829 bits per heavy atom. The van der Waals surface area contributed by atoms with Crippen molar-refractivity contribution in [2.45, 2.75) is 0 Å². The van der Waals surface area contributed by atoms with Gasteiger partial charge in [-0.3, -0.25) is 4.79 Å². The maximum atomic E-state index is 13.5. The lowest BCUT2D eigenvalue weighted by atomic mass is 10.2. The zero-order valence-corrected chi connectivity index (χ0v) is 20.1. The summed E-state index contributed by atoms with van der Waals surface area (Å²) in [6, 6.07) is 26.3. The molecule has 0 radical (unpaired) electrons. The van der Waals surface area contributed by atoms with Gasteiger partial charge in [-0.2, -0.15) is 0 Å². The number of piperazine rings is 1. The van der Waals surface area contributed by atoms with Gasteiger partial charge in [0, 0.05) is 43.1 Å². The Morgan fingerprint density at radius 3 is 2.17 bits per heavy atom. The number of anilines is 2. The van der Waals surface area contributed by atoms with Crippen molar-refractivity contribution in [3.63, 3.8) is 0 Å². The number of carbonyl (C=O) groups excluding carboxylic acids is 1. The van der Waals surface area contributed by atoms with Crippen LogP contribution in [0.15, 0.2) is 94.9 Å². The molecule has 0 bridgehead atoms. The van der Waals surface area contributed by atoms with Crippen molar-refractivity contribution in [2.75, 3.05) is 48.4 Å². The SMILES string of the molecule is O=C(CSC1=NC(c2ccccc2)=NCN1c1ccc(F)cc1)N1CCN(c2ccccc2)CC1. The topological polar surface area (TPSA) is 51.5 Å². The Bertz CT molecular complexity index is 1210. The summed E-state index contributed by atoms with van der Waals surface area (Å²) in [5.74, 6) is 0.711. The molecule has 0 atom stereocenters. The molecule has 178 valence electrons. The van der Waals surface area contributed by atoms with Gasteiger partial charge in [0.25, 0.3) is 0 Å². The molecule has 0 unspecified atom stereocenters. The van der Waals surface area contributed by atoms with Crippen LogP contribution in [0.1, 0.15) is 5.56 Å². The fourth-order valence-electron chi connectivity index (χ4n) is 4.12. The highest BCUT2D eigenvalue weighted by Gasteiger charge is 2.25. The van der Waals surface area contributed by atoms with E-state index in [0.29, 0.717) is 30.8 Å². The predicted octanol–water partition coefficient (Wildman–Crippen LogP) is 4.49. The number of aliphatic imine (C=N–C) groups is 2. The highest BCUT2D eigenvalue weighted by molar-refractivity contribution is 8.14. The van der Waals surface area contributed by atoms with Crippen LogP contribution in [-0.4, -0.2) is 60.4 Å². The number of nitrogens with zero attached hydrogens (tertiary/aromatic N) is 5. The molecule has 0 aliphatic carbocycles. The molecule has 5 rings (SSSR count). The molecule has 35 heavy (non-hydrogen) atoms. The maximum Gasteiger partial charge on any atom is 0.233 e. The summed E-state index contributed by atoms with van der Waals surface area (Å²) in [5.41, 5.74) is 2.90. The highest BCUT2D eigenvalue weighted by Crippen LogP contribution is 2.24. The Morgan fingerprint density at radius 2 is 1.49 bits per heavy atom. The van der Waals surface area contributed by atoms with E-state index in [1.165, 1.54) is 29.6 Å². The molecule has 3 aromatic rings. The molecule has 0 N–H and O–H groups in total. The lowest BCUT2D eigenvalue weighted by Crippen LogP contribution is -2.49. The molecular formula is C27H26FN5OS. The van der Waals surface area contributed by atoms with Crippen molar-refractivity contribution in [3.05, 3.63) is 96.3 Å². The van der Waals surface area contributed by atoms with Crippen LogP contribution < -0.4 is 9.80 Å². The van der Waals surface area contributed by atoms with Crippen molar-refractivity contribution in [3.8, 4) is 0 Å². The van der Waals surface area contributed by atoms with E-state index in [9.17, 15) is 9.18 Å². The van der Waals surface area contributed by atoms with Gasteiger partial charge in [0.05, 0.1) is 5.75 Å². The van der Waals surface area contributed by atoms with Crippen molar-refractivity contribution in [1.82, 2.24) is 4.90 Å². The zero-order valence-electron chi connectivity index (χ0n) is 19.3. The molecule has 1 fully saturated rings. The van der Waals surface area contributed by atoms with Gasteiger partial charge in [-0.15, -0.1) is 0 Å². The van der Waals surface area contributed by atoms with E-state index < -0.39 is 0 Å². The van der Waals surface area contributed by atoms with Crippen LogP contribution in [0, 0.1) is 5.82 Å². The monoisotopic (exact) mass is 487 g/mol. The predicted molar refractivity (Wildman–Crippen MR) is 142 cm³/mol. The van der Waals surface area contributed by atoms with Crippen molar-refractivity contribution in [1.29, 1.82) is 0 Å². The fraction of sp³-hybridized carbons (Fsp3) is 0.222. The van der Waals surface area contributed by atoms with Gasteiger partial charge in [0.1, 0.15) is 12.5 Å². The number of hydrogen-bond acceptors (Lipinski definition) is 6. The third-order valence-electron chi connectivity index (χ3n) is 6.04. The van der Waals surface area contributed by atoms with Gasteiger partial charge in [0.15, 0.2) is 11.0 Å². The summed E-state index contributed by atoms with van der Waals surface area (Å²) in [4.78, 5) is 28.6. The van der Waals surface area contributed by atoms with Crippen LogP contribution in [0.4, 0.5) is 15.8 Å². The summed E-state index contributed by atoms with van der Waals surface area (Å²) in [6.07, 6.45) is 0. The lowest BCUT2D eigenvalue weighted by molar-refractivity contribution is -0.128. The second-order valence-electron chi connectivity index (χ2n) is 8.28. The molecule has 2 aliphatic rings. The van der Waals surface area contributed by atoms with E-state index in [2.05, 4.69) is 22.0 Å². The molecule has 1 saturated heterocycles. The number of thioether (sulfide) groups is 1. The number of para-hydroxylation sites is 1. The van der Waals surface area contributed by atoms with Crippen LogP contribution in [0.5, 0.6) is 0 Å². The number of rotatable bonds is 5. The van der Waals surface area contributed by atoms with Gasteiger partial charge in [0.2, 0.25) is 5.91 Å². The first kappa shape index (κ1) is 23.1. The second-order valence-corrected chi connectivity index (χ2v) is 9.22. The van der Waals surface area contributed by atoms with E-state index >= 15 is 0 Å².